The second kappa shape index (κ2) is 6.50. The lowest BCUT2D eigenvalue weighted by atomic mass is 10.2. The highest BCUT2D eigenvalue weighted by Gasteiger charge is 2.29. The summed E-state index contributed by atoms with van der Waals surface area (Å²) < 4.78 is 23.0. The molecule has 0 bridgehead atoms. The Hall–Kier alpha value is -2.97. The number of hydrogen-bond acceptors (Lipinski definition) is 5. The lowest BCUT2D eigenvalue weighted by molar-refractivity contribution is -0.114. The lowest BCUT2D eigenvalue weighted by Gasteiger charge is -2.12. The zero-order valence-corrected chi connectivity index (χ0v) is 14.2. The van der Waals surface area contributed by atoms with Crippen molar-refractivity contribution in [3.05, 3.63) is 66.4 Å². The van der Waals surface area contributed by atoms with Gasteiger partial charge in [0.2, 0.25) is 10.0 Å². The standard InChI is InChI=1S/C17H16N4O3S/c1-12-16(11-19-13-6-3-2-4-7-13)17(22)21(20-12)14-8-5-9-15(10-14)25(18,23)24/h2-11,19H,1H3,(H2,18,23,24). The van der Waals surface area contributed by atoms with Gasteiger partial charge >= 0.3 is 0 Å². The summed E-state index contributed by atoms with van der Waals surface area (Å²) in [6.07, 6.45) is 1.58. The molecule has 0 fully saturated rings. The maximum atomic E-state index is 12.6. The summed E-state index contributed by atoms with van der Waals surface area (Å²) in [7, 11) is -3.86. The molecule has 128 valence electrons. The number of nitrogens with one attached hydrogen (secondary N) is 1. The highest BCUT2D eigenvalue weighted by molar-refractivity contribution is 7.89. The molecule has 7 nitrogen and oxygen atoms in total. The summed E-state index contributed by atoms with van der Waals surface area (Å²) in [5, 5.41) is 13.6. The molecule has 2 aromatic carbocycles. The van der Waals surface area contributed by atoms with Crippen LogP contribution in [0.4, 0.5) is 11.4 Å². The van der Waals surface area contributed by atoms with Crippen LogP contribution in [0.15, 0.2) is 76.4 Å². The smallest absolute Gasteiger partial charge is 0.282 e. The van der Waals surface area contributed by atoms with Crippen LogP contribution in [0.25, 0.3) is 0 Å². The van der Waals surface area contributed by atoms with Gasteiger partial charge < -0.3 is 5.32 Å². The average molecular weight is 356 g/mol. The van der Waals surface area contributed by atoms with Crippen LogP contribution in [0.5, 0.6) is 0 Å². The van der Waals surface area contributed by atoms with Crippen LogP contribution in [0.3, 0.4) is 0 Å². The molecule has 1 amide bonds. The van der Waals surface area contributed by atoms with Crippen LogP contribution < -0.4 is 15.5 Å². The number of primary sulfonamides is 1. The van der Waals surface area contributed by atoms with Gasteiger partial charge in [0.05, 0.1) is 21.9 Å². The van der Waals surface area contributed by atoms with E-state index in [4.69, 9.17) is 5.14 Å². The molecule has 0 aromatic heterocycles. The Kier molecular flexibility index (Phi) is 4.39. The Morgan fingerprint density at radius 1 is 1.12 bits per heavy atom. The summed E-state index contributed by atoms with van der Waals surface area (Å²) in [5.41, 5.74) is 2.09. The van der Waals surface area contributed by atoms with Gasteiger partial charge in [-0.15, -0.1) is 0 Å². The number of hydrazone groups is 1. The molecule has 0 radical (unpaired) electrons. The first-order valence-electron chi connectivity index (χ1n) is 7.41. The van der Waals surface area contributed by atoms with Gasteiger partial charge in [0.15, 0.2) is 0 Å². The summed E-state index contributed by atoms with van der Waals surface area (Å²) in [4.78, 5) is 12.5. The van der Waals surface area contributed by atoms with Crippen molar-refractivity contribution in [2.24, 2.45) is 10.2 Å². The summed E-state index contributed by atoms with van der Waals surface area (Å²) in [5.74, 6) is -0.354. The first kappa shape index (κ1) is 16.9. The maximum Gasteiger partial charge on any atom is 0.282 e. The topological polar surface area (TPSA) is 105 Å². The van der Waals surface area contributed by atoms with E-state index < -0.39 is 10.0 Å². The molecule has 3 rings (SSSR count). The number of carbonyl (C=O) groups excluding carboxylic acids is 1. The fraction of sp³-hybridized carbons (Fsp3) is 0.0588. The van der Waals surface area contributed by atoms with Gasteiger partial charge in [-0.1, -0.05) is 24.3 Å². The quantitative estimate of drug-likeness (QED) is 0.818. The molecule has 0 spiro atoms. The Morgan fingerprint density at radius 2 is 1.84 bits per heavy atom. The molecular weight excluding hydrogens is 340 g/mol. The maximum absolute atomic E-state index is 12.6. The Bertz CT molecular complexity index is 982. The molecule has 2 aromatic rings. The Balaban J connectivity index is 1.88. The zero-order chi connectivity index (χ0) is 18.0. The number of para-hydroxylation sites is 1. The van der Waals surface area contributed by atoms with Crippen molar-refractivity contribution in [2.45, 2.75) is 11.8 Å². The molecule has 8 heteroatoms. The number of benzene rings is 2. The van der Waals surface area contributed by atoms with Gasteiger partial charge in [0.25, 0.3) is 5.91 Å². The monoisotopic (exact) mass is 356 g/mol. The van der Waals surface area contributed by atoms with E-state index in [0.717, 1.165) is 10.7 Å². The number of amides is 1. The molecular formula is C17H16N4O3S. The molecule has 1 aliphatic heterocycles. The second-order valence-corrected chi connectivity index (χ2v) is 6.97. The molecule has 0 atom stereocenters. The number of nitrogens with two attached hydrogens (primary N) is 1. The third-order valence-corrected chi connectivity index (χ3v) is 4.52. The van der Waals surface area contributed by atoms with Crippen molar-refractivity contribution in [3.63, 3.8) is 0 Å². The van der Waals surface area contributed by atoms with Crippen molar-refractivity contribution < 1.29 is 13.2 Å². The van der Waals surface area contributed by atoms with Crippen LogP contribution in [-0.4, -0.2) is 20.0 Å². The molecule has 1 heterocycles. The van der Waals surface area contributed by atoms with Crippen LogP contribution in [0.1, 0.15) is 6.92 Å². The van der Waals surface area contributed by atoms with Crippen LogP contribution in [0, 0.1) is 0 Å². The normalized spacial score (nSPS) is 16.2. The highest BCUT2D eigenvalue weighted by atomic mass is 32.2. The van der Waals surface area contributed by atoms with Gasteiger partial charge in [-0.2, -0.15) is 10.1 Å². The van der Waals surface area contributed by atoms with Gasteiger partial charge in [0, 0.05) is 11.9 Å². The fourth-order valence-corrected chi connectivity index (χ4v) is 2.89. The van der Waals surface area contributed by atoms with Crippen molar-refractivity contribution in [2.75, 3.05) is 10.3 Å². The molecule has 0 saturated heterocycles. The average Bonchev–Trinajstić information content (AvgIpc) is 2.88. The highest BCUT2D eigenvalue weighted by Crippen LogP contribution is 2.25. The lowest BCUT2D eigenvalue weighted by Crippen LogP contribution is -2.22. The number of sulfonamides is 1. The molecule has 3 N–H and O–H groups in total. The predicted octanol–water partition coefficient (Wildman–Crippen LogP) is 2.05. The SMILES string of the molecule is CC1=NN(c2cccc(S(N)(=O)=O)c2)C(=O)C1=CNc1ccccc1. The van der Waals surface area contributed by atoms with Crippen molar-refractivity contribution in [1.29, 1.82) is 0 Å². The van der Waals surface area contributed by atoms with E-state index in [1.807, 2.05) is 30.3 Å². The second-order valence-electron chi connectivity index (χ2n) is 5.41. The number of anilines is 2. The number of rotatable bonds is 4. The minimum atomic E-state index is -3.86. The Morgan fingerprint density at radius 3 is 2.52 bits per heavy atom. The molecule has 0 unspecified atom stereocenters. The molecule has 0 aliphatic carbocycles. The number of carbonyl (C=O) groups is 1. The largest absolute Gasteiger partial charge is 0.361 e. The van der Waals surface area contributed by atoms with Crippen molar-refractivity contribution in [3.8, 4) is 0 Å². The van der Waals surface area contributed by atoms with Gasteiger partial charge in [0.1, 0.15) is 0 Å². The van der Waals surface area contributed by atoms with E-state index in [1.165, 1.54) is 18.2 Å². The minimum absolute atomic E-state index is 0.0782. The van der Waals surface area contributed by atoms with Gasteiger partial charge in [-0.3, -0.25) is 4.79 Å². The van der Waals surface area contributed by atoms with E-state index in [-0.39, 0.29) is 10.8 Å². The number of hydrogen-bond donors (Lipinski definition) is 2. The summed E-state index contributed by atoms with van der Waals surface area (Å²) in [6.45, 7) is 1.71. The van der Waals surface area contributed by atoms with Crippen LogP contribution in [0.2, 0.25) is 0 Å². The summed E-state index contributed by atoms with van der Waals surface area (Å²) in [6, 6.07) is 15.2. The first-order valence-corrected chi connectivity index (χ1v) is 8.95. The fourth-order valence-electron chi connectivity index (χ4n) is 2.34. The van der Waals surface area contributed by atoms with Crippen LogP contribution >= 0.6 is 0 Å². The Labute approximate surface area is 145 Å². The van der Waals surface area contributed by atoms with E-state index in [9.17, 15) is 13.2 Å². The zero-order valence-electron chi connectivity index (χ0n) is 13.4. The van der Waals surface area contributed by atoms with E-state index in [2.05, 4.69) is 10.4 Å². The molecule has 0 saturated carbocycles. The van der Waals surface area contributed by atoms with Gasteiger partial charge in [-0.05, 0) is 37.3 Å². The van der Waals surface area contributed by atoms with Crippen molar-refractivity contribution in [1.82, 2.24) is 0 Å². The van der Waals surface area contributed by atoms with E-state index in [0.29, 0.717) is 17.0 Å². The predicted molar refractivity (Wildman–Crippen MR) is 96.6 cm³/mol. The minimum Gasteiger partial charge on any atom is -0.361 e. The van der Waals surface area contributed by atoms with Crippen LogP contribution in [-0.2, 0) is 14.8 Å². The van der Waals surface area contributed by atoms with Gasteiger partial charge in [-0.25, -0.2) is 13.6 Å². The number of nitrogens with zero attached hydrogens (tertiary/aromatic N) is 2. The van der Waals surface area contributed by atoms with E-state index >= 15 is 0 Å². The third-order valence-electron chi connectivity index (χ3n) is 3.61. The first-order chi connectivity index (χ1) is 11.9. The molecule has 1 aliphatic rings. The summed E-state index contributed by atoms with van der Waals surface area (Å²) >= 11 is 0. The van der Waals surface area contributed by atoms with Crippen molar-refractivity contribution >= 4 is 33.0 Å². The molecule has 25 heavy (non-hydrogen) atoms. The van der Waals surface area contributed by atoms with E-state index in [1.54, 1.807) is 19.2 Å². The third kappa shape index (κ3) is 3.59.